The summed E-state index contributed by atoms with van der Waals surface area (Å²) in [5.74, 6) is -0.0815. The number of anilines is 1. The Hall–Kier alpha value is -1.88. The van der Waals surface area contributed by atoms with Gasteiger partial charge in [-0.15, -0.1) is 0 Å². The summed E-state index contributed by atoms with van der Waals surface area (Å²) in [6.07, 6.45) is 0. The van der Waals surface area contributed by atoms with Crippen LogP contribution >= 0.6 is 0 Å². The second-order valence-corrected chi connectivity index (χ2v) is 9.23. The Balaban J connectivity index is 2.69. The number of rotatable bonds is 6. The van der Waals surface area contributed by atoms with E-state index in [1.165, 1.54) is 18.2 Å². The summed E-state index contributed by atoms with van der Waals surface area (Å²) in [5, 5.41) is 0. The second kappa shape index (κ2) is 7.78. The molecule has 0 fully saturated rings. The Morgan fingerprint density at radius 1 is 0.846 bits per heavy atom. The third kappa shape index (κ3) is 4.44. The molecule has 1 N–H and O–H groups in total. The molecule has 0 amide bonds. The highest BCUT2D eigenvalue weighted by Crippen LogP contribution is 2.36. The average Bonchev–Trinajstić information content (AvgIpc) is 2.52. The monoisotopic (exact) mass is 377 g/mol. The number of hydrogen-bond donors (Lipinski definition) is 1. The van der Waals surface area contributed by atoms with Gasteiger partial charge in [0.25, 0.3) is 10.0 Å². The molecular formula is C21H28FNO2S. The van der Waals surface area contributed by atoms with Crippen LogP contribution in [-0.4, -0.2) is 8.42 Å². The van der Waals surface area contributed by atoms with Gasteiger partial charge in [-0.05, 0) is 52.6 Å². The van der Waals surface area contributed by atoms with Gasteiger partial charge < -0.3 is 0 Å². The largest absolute Gasteiger partial charge is 0.280 e. The van der Waals surface area contributed by atoms with Crippen LogP contribution in [-0.2, 0) is 10.0 Å². The molecule has 0 aliphatic carbocycles. The molecule has 0 aliphatic heterocycles. The zero-order valence-electron chi connectivity index (χ0n) is 16.3. The minimum atomic E-state index is -3.84. The van der Waals surface area contributed by atoms with E-state index in [4.69, 9.17) is 0 Å². The van der Waals surface area contributed by atoms with Gasteiger partial charge in [-0.1, -0.05) is 59.7 Å². The molecule has 142 valence electrons. The highest BCUT2D eigenvalue weighted by molar-refractivity contribution is 7.92. The van der Waals surface area contributed by atoms with Crippen LogP contribution in [0.3, 0.4) is 0 Å². The lowest BCUT2D eigenvalue weighted by Gasteiger charge is -2.23. The Bertz CT molecular complexity index is 858. The predicted molar refractivity (Wildman–Crippen MR) is 106 cm³/mol. The summed E-state index contributed by atoms with van der Waals surface area (Å²) in [5.41, 5.74) is 2.94. The zero-order chi connectivity index (χ0) is 19.6. The minimum Gasteiger partial charge on any atom is -0.280 e. The first-order valence-electron chi connectivity index (χ1n) is 8.99. The molecule has 0 atom stereocenters. The van der Waals surface area contributed by atoms with E-state index < -0.39 is 15.8 Å². The standard InChI is InChI=1S/C21H28FNO2S/c1-13(2)16-10-19(14(3)4)21(20(11-16)15(5)6)26(24,25)23-18-9-7-8-17(22)12-18/h7-15,23H,1-6H3. The maximum absolute atomic E-state index is 13.5. The Labute approximate surface area is 156 Å². The number of hydrogen-bond acceptors (Lipinski definition) is 2. The summed E-state index contributed by atoms with van der Waals surface area (Å²) in [7, 11) is -3.84. The van der Waals surface area contributed by atoms with Gasteiger partial charge in [0.2, 0.25) is 0 Å². The van der Waals surface area contributed by atoms with E-state index >= 15 is 0 Å². The highest BCUT2D eigenvalue weighted by Gasteiger charge is 2.27. The summed E-state index contributed by atoms with van der Waals surface area (Å²) in [6, 6.07) is 9.48. The summed E-state index contributed by atoms with van der Waals surface area (Å²) < 4.78 is 42.4. The molecule has 0 bridgehead atoms. The second-order valence-electron chi connectivity index (χ2n) is 7.61. The van der Waals surface area contributed by atoms with E-state index in [2.05, 4.69) is 18.6 Å². The van der Waals surface area contributed by atoms with Gasteiger partial charge in [0.15, 0.2) is 0 Å². The van der Waals surface area contributed by atoms with Crippen molar-refractivity contribution in [2.45, 2.75) is 64.2 Å². The maximum atomic E-state index is 13.5. The fourth-order valence-corrected chi connectivity index (χ4v) is 4.71. The number of benzene rings is 2. The topological polar surface area (TPSA) is 46.2 Å². The summed E-state index contributed by atoms with van der Waals surface area (Å²) in [6.45, 7) is 12.2. The predicted octanol–water partition coefficient (Wildman–Crippen LogP) is 6.00. The molecule has 2 aromatic carbocycles. The minimum absolute atomic E-state index is 0.0466. The molecule has 0 spiro atoms. The Kier molecular flexibility index (Phi) is 6.12. The first-order valence-corrected chi connectivity index (χ1v) is 10.5. The number of halogens is 1. The first-order chi connectivity index (χ1) is 12.0. The quantitative estimate of drug-likeness (QED) is 0.671. The maximum Gasteiger partial charge on any atom is 0.262 e. The van der Waals surface area contributed by atoms with Crippen LogP contribution in [0.15, 0.2) is 41.3 Å². The van der Waals surface area contributed by atoms with Gasteiger partial charge in [0.05, 0.1) is 10.6 Å². The van der Waals surface area contributed by atoms with E-state index in [0.717, 1.165) is 16.7 Å². The molecular weight excluding hydrogens is 349 g/mol. The van der Waals surface area contributed by atoms with Crippen LogP contribution < -0.4 is 4.72 Å². The molecule has 26 heavy (non-hydrogen) atoms. The fraction of sp³-hybridized carbons (Fsp3) is 0.429. The Morgan fingerprint density at radius 2 is 1.38 bits per heavy atom. The smallest absolute Gasteiger partial charge is 0.262 e. The van der Waals surface area contributed by atoms with E-state index in [0.29, 0.717) is 10.8 Å². The molecule has 0 aromatic heterocycles. The fourth-order valence-electron chi connectivity index (χ4n) is 2.96. The lowest BCUT2D eigenvalue weighted by Crippen LogP contribution is -2.19. The highest BCUT2D eigenvalue weighted by atomic mass is 32.2. The average molecular weight is 378 g/mol. The molecule has 0 saturated carbocycles. The molecule has 0 unspecified atom stereocenters. The van der Waals surface area contributed by atoms with Crippen molar-refractivity contribution in [3.8, 4) is 0 Å². The van der Waals surface area contributed by atoms with Crippen molar-refractivity contribution in [1.82, 2.24) is 0 Å². The van der Waals surface area contributed by atoms with Crippen molar-refractivity contribution < 1.29 is 12.8 Å². The van der Waals surface area contributed by atoms with Crippen molar-refractivity contribution >= 4 is 15.7 Å². The normalized spacial score (nSPS) is 12.2. The van der Waals surface area contributed by atoms with Crippen molar-refractivity contribution in [1.29, 1.82) is 0 Å². The van der Waals surface area contributed by atoms with E-state index in [1.807, 2.05) is 39.8 Å². The Morgan fingerprint density at radius 3 is 1.81 bits per heavy atom. The van der Waals surface area contributed by atoms with E-state index in [1.54, 1.807) is 6.07 Å². The van der Waals surface area contributed by atoms with Crippen molar-refractivity contribution in [2.75, 3.05) is 4.72 Å². The lowest BCUT2D eigenvalue weighted by molar-refractivity contribution is 0.595. The van der Waals surface area contributed by atoms with Gasteiger partial charge >= 0.3 is 0 Å². The van der Waals surface area contributed by atoms with Crippen LogP contribution in [0.1, 0.15) is 76.0 Å². The third-order valence-electron chi connectivity index (χ3n) is 4.42. The molecule has 2 aromatic rings. The van der Waals surface area contributed by atoms with Crippen LogP contribution in [0, 0.1) is 5.82 Å². The molecule has 0 heterocycles. The third-order valence-corrected chi connectivity index (χ3v) is 5.94. The van der Waals surface area contributed by atoms with Crippen LogP contribution in [0.2, 0.25) is 0 Å². The van der Waals surface area contributed by atoms with Gasteiger partial charge in [0, 0.05) is 0 Å². The van der Waals surface area contributed by atoms with E-state index in [9.17, 15) is 12.8 Å². The van der Waals surface area contributed by atoms with Crippen LogP contribution in [0.4, 0.5) is 10.1 Å². The first kappa shape index (κ1) is 20.4. The summed E-state index contributed by atoms with van der Waals surface area (Å²) in [4.78, 5) is 0.316. The SMILES string of the molecule is CC(C)c1cc(C(C)C)c(S(=O)(=O)Nc2cccc(F)c2)c(C(C)C)c1. The lowest BCUT2D eigenvalue weighted by atomic mass is 9.89. The van der Waals surface area contributed by atoms with Crippen molar-refractivity contribution in [3.05, 3.63) is 58.9 Å². The van der Waals surface area contributed by atoms with Gasteiger partial charge in [-0.25, -0.2) is 12.8 Å². The van der Waals surface area contributed by atoms with Crippen LogP contribution in [0.25, 0.3) is 0 Å². The van der Waals surface area contributed by atoms with Gasteiger partial charge in [0.1, 0.15) is 5.82 Å². The molecule has 0 aliphatic rings. The molecule has 0 saturated heterocycles. The molecule has 3 nitrogen and oxygen atoms in total. The van der Waals surface area contributed by atoms with Crippen molar-refractivity contribution in [2.24, 2.45) is 0 Å². The number of nitrogens with one attached hydrogen (secondary N) is 1. The number of sulfonamides is 1. The summed E-state index contributed by atoms with van der Waals surface area (Å²) >= 11 is 0. The van der Waals surface area contributed by atoms with E-state index in [-0.39, 0.29) is 17.5 Å². The van der Waals surface area contributed by atoms with Crippen molar-refractivity contribution in [3.63, 3.8) is 0 Å². The molecule has 5 heteroatoms. The molecule has 0 radical (unpaired) electrons. The molecule has 2 rings (SSSR count). The van der Waals surface area contributed by atoms with Gasteiger partial charge in [-0.2, -0.15) is 0 Å². The van der Waals surface area contributed by atoms with Gasteiger partial charge in [-0.3, -0.25) is 4.72 Å². The van der Waals surface area contributed by atoms with Crippen LogP contribution in [0.5, 0.6) is 0 Å². The zero-order valence-corrected chi connectivity index (χ0v) is 17.1.